The van der Waals surface area contributed by atoms with E-state index in [1.807, 2.05) is 6.07 Å². The molecule has 3 rings (SSSR count). The summed E-state index contributed by atoms with van der Waals surface area (Å²) in [6.07, 6.45) is 4.71. The fraction of sp³-hybridized carbons (Fsp3) is 0.176. The number of hydrogen-bond donors (Lipinski definition) is 1. The fourth-order valence-electron chi connectivity index (χ4n) is 2.13. The predicted octanol–water partition coefficient (Wildman–Crippen LogP) is 3.23. The van der Waals surface area contributed by atoms with Crippen LogP contribution in [-0.4, -0.2) is 21.0 Å². The van der Waals surface area contributed by atoms with Gasteiger partial charge in [0, 0.05) is 36.5 Å². The number of aromatic nitrogens is 3. The van der Waals surface area contributed by atoms with Crippen molar-refractivity contribution in [2.75, 3.05) is 5.32 Å². The average molecular weight is 326 g/mol. The summed E-state index contributed by atoms with van der Waals surface area (Å²) in [4.78, 5) is 20.1. The van der Waals surface area contributed by atoms with Crippen molar-refractivity contribution in [1.29, 1.82) is 0 Å². The molecule has 7 heteroatoms. The third kappa shape index (κ3) is 4.22. The number of pyridine rings is 1. The molecule has 1 N–H and O–H groups in total. The summed E-state index contributed by atoms with van der Waals surface area (Å²) in [7, 11) is 0. The Morgan fingerprint density at radius 1 is 1.21 bits per heavy atom. The highest BCUT2D eigenvalue weighted by Gasteiger charge is 2.09. The Hall–Kier alpha value is -3.09. The minimum atomic E-state index is -0.339. The predicted molar refractivity (Wildman–Crippen MR) is 85.5 cm³/mol. The Bertz CT molecular complexity index is 803. The minimum absolute atomic E-state index is 0.145. The van der Waals surface area contributed by atoms with Gasteiger partial charge in [0.1, 0.15) is 5.82 Å². The van der Waals surface area contributed by atoms with Gasteiger partial charge in [-0.05, 0) is 42.8 Å². The molecule has 0 unspecified atom stereocenters. The van der Waals surface area contributed by atoms with Crippen molar-refractivity contribution in [3.05, 3.63) is 60.5 Å². The molecule has 2 aromatic heterocycles. The first-order valence-electron chi connectivity index (χ1n) is 7.49. The van der Waals surface area contributed by atoms with Crippen molar-refractivity contribution in [2.24, 2.45) is 0 Å². The molecular weight excluding hydrogens is 311 g/mol. The Labute approximate surface area is 137 Å². The first-order chi connectivity index (χ1) is 11.7. The normalized spacial score (nSPS) is 10.5. The highest BCUT2D eigenvalue weighted by molar-refractivity contribution is 5.90. The Balaban J connectivity index is 1.47. The van der Waals surface area contributed by atoms with Crippen molar-refractivity contribution in [3.63, 3.8) is 0 Å². The van der Waals surface area contributed by atoms with Gasteiger partial charge in [-0.15, -0.1) is 0 Å². The molecule has 0 saturated carbocycles. The van der Waals surface area contributed by atoms with Gasteiger partial charge in [-0.3, -0.25) is 9.78 Å². The summed E-state index contributed by atoms with van der Waals surface area (Å²) in [5.74, 6) is 0.472. The molecule has 0 bridgehead atoms. The summed E-state index contributed by atoms with van der Waals surface area (Å²) in [5.41, 5.74) is 1.35. The lowest BCUT2D eigenvalue weighted by Gasteiger charge is -2.04. The summed E-state index contributed by atoms with van der Waals surface area (Å²) >= 11 is 0. The van der Waals surface area contributed by atoms with E-state index in [1.54, 1.807) is 18.5 Å². The van der Waals surface area contributed by atoms with E-state index >= 15 is 0 Å². The van der Waals surface area contributed by atoms with Crippen LogP contribution in [0.1, 0.15) is 18.7 Å². The molecule has 0 aliphatic carbocycles. The monoisotopic (exact) mass is 326 g/mol. The second kappa shape index (κ2) is 7.45. The molecule has 2 heterocycles. The van der Waals surface area contributed by atoms with E-state index in [-0.39, 0.29) is 11.7 Å². The molecule has 0 atom stereocenters. The van der Waals surface area contributed by atoms with Crippen LogP contribution in [0.3, 0.4) is 0 Å². The summed E-state index contributed by atoms with van der Waals surface area (Å²) in [6.45, 7) is 0. The maximum absolute atomic E-state index is 12.8. The van der Waals surface area contributed by atoms with Gasteiger partial charge >= 0.3 is 0 Å². The van der Waals surface area contributed by atoms with Crippen molar-refractivity contribution >= 4 is 11.6 Å². The van der Waals surface area contributed by atoms with Crippen LogP contribution in [0.4, 0.5) is 10.1 Å². The van der Waals surface area contributed by atoms with Crippen LogP contribution < -0.4 is 5.32 Å². The van der Waals surface area contributed by atoms with Crippen molar-refractivity contribution < 1.29 is 13.7 Å². The van der Waals surface area contributed by atoms with Gasteiger partial charge in [-0.1, -0.05) is 5.16 Å². The van der Waals surface area contributed by atoms with Gasteiger partial charge in [0.05, 0.1) is 0 Å². The number of carbonyl (C=O) groups is 1. The van der Waals surface area contributed by atoms with Gasteiger partial charge in [0.15, 0.2) is 0 Å². The first-order valence-corrected chi connectivity index (χ1v) is 7.49. The maximum atomic E-state index is 12.8. The quantitative estimate of drug-likeness (QED) is 0.752. The van der Waals surface area contributed by atoms with Crippen molar-refractivity contribution in [2.45, 2.75) is 19.3 Å². The number of amides is 1. The number of aryl methyl sites for hydroxylation is 1. The summed E-state index contributed by atoms with van der Waals surface area (Å²) in [6, 6.07) is 9.28. The number of benzene rings is 1. The van der Waals surface area contributed by atoms with Gasteiger partial charge < -0.3 is 9.84 Å². The molecule has 122 valence electrons. The zero-order chi connectivity index (χ0) is 16.8. The lowest BCUT2D eigenvalue weighted by Crippen LogP contribution is -2.11. The first kappa shape index (κ1) is 15.8. The molecule has 24 heavy (non-hydrogen) atoms. The van der Waals surface area contributed by atoms with Crippen LogP contribution in [0.5, 0.6) is 0 Å². The number of anilines is 1. The van der Waals surface area contributed by atoms with Crippen LogP contribution >= 0.6 is 0 Å². The Morgan fingerprint density at radius 2 is 2.04 bits per heavy atom. The van der Waals surface area contributed by atoms with Gasteiger partial charge in [0.2, 0.25) is 17.6 Å². The third-order valence-corrected chi connectivity index (χ3v) is 3.31. The van der Waals surface area contributed by atoms with E-state index in [1.165, 1.54) is 24.3 Å². The highest BCUT2D eigenvalue weighted by Crippen LogP contribution is 2.15. The Morgan fingerprint density at radius 3 is 2.79 bits per heavy atom. The second-order valence-corrected chi connectivity index (χ2v) is 5.16. The largest absolute Gasteiger partial charge is 0.339 e. The number of hydrogen-bond acceptors (Lipinski definition) is 5. The molecule has 1 amide bonds. The number of nitrogens with one attached hydrogen (secondary N) is 1. The Kier molecular flexibility index (Phi) is 4.90. The fourth-order valence-corrected chi connectivity index (χ4v) is 2.13. The van der Waals surface area contributed by atoms with Gasteiger partial charge in [-0.2, -0.15) is 4.98 Å². The van der Waals surface area contributed by atoms with Crippen LogP contribution in [0.2, 0.25) is 0 Å². The number of rotatable bonds is 6. The maximum Gasteiger partial charge on any atom is 0.226 e. The number of nitrogens with zero attached hydrogens (tertiary/aromatic N) is 3. The highest BCUT2D eigenvalue weighted by atomic mass is 19.1. The van der Waals surface area contributed by atoms with Crippen LogP contribution in [-0.2, 0) is 11.2 Å². The van der Waals surface area contributed by atoms with E-state index in [0.29, 0.717) is 36.7 Å². The lowest BCUT2D eigenvalue weighted by molar-refractivity contribution is -0.116. The van der Waals surface area contributed by atoms with Crippen molar-refractivity contribution in [3.8, 4) is 11.4 Å². The topological polar surface area (TPSA) is 80.9 Å². The van der Waals surface area contributed by atoms with E-state index in [0.717, 1.165) is 5.56 Å². The third-order valence-electron chi connectivity index (χ3n) is 3.31. The molecule has 0 aliphatic heterocycles. The number of halogens is 1. The molecule has 0 aliphatic rings. The molecule has 0 radical (unpaired) electrons. The number of carbonyl (C=O) groups excluding carboxylic acids is 1. The molecular formula is C17H15FN4O2. The summed E-state index contributed by atoms with van der Waals surface area (Å²) < 4.78 is 18.0. The van der Waals surface area contributed by atoms with E-state index in [4.69, 9.17) is 4.52 Å². The average Bonchev–Trinajstić information content (AvgIpc) is 3.07. The van der Waals surface area contributed by atoms with Gasteiger partial charge in [-0.25, -0.2) is 4.39 Å². The zero-order valence-electron chi connectivity index (χ0n) is 12.8. The molecule has 0 saturated heterocycles. The molecule has 0 fully saturated rings. The summed E-state index contributed by atoms with van der Waals surface area (Å²) in [5, 5.41) is 6.60. The second-order valence-electron chi connectivity index (χ2n) is 5.16. The standard InChI is InChI=1S/C17H15FN4O2/c18-13-6-8-14(9-7-13)20-15(23)4-1-5-16-21-17(22-24-16)12-3-2-10-19-11-12/h2-3,6-11H,1,4-5H2,(H,20,23). The zero-order valence-corrected chi connectivity index (χ0v) is 12.8. The van der Waals surface area contributed by atoms with Crippen molar-refractivity contribution in [1.82, 2.24) is 15.1 Å². The molecule has 0 spiro atoms. The van der Waals surface area contributed by atoms with Gasteiger partial charge in [0.25, 0.3) is 0 Å². The molecule has 6 nitrogen and oxygen atoms in total. The van der Waals surface area contributed by atoms with Crippen LogP contribution in [0, 0.1) is 5.82 Å². The SMILES string of the molecule is O=C(CCCc1nc(-c2cccnc2)no1)Nc1ccc(F)cc1. The van der Waals surface area contributed by atoms with Crippen LogP contribution in [0.15, 0.2) is 53.3 Å². The smallest absolute Gasteiger partial charge is 0.226 e. The van der Waals surface area contributed by atoms with E-state index < -0.39 is 0 Å². The van der Waals surface area contributed by atoms with Crippen LogP contribution in [0.25, 0.3) is 11.4 Å². The van der Waals surface area contributed by atoms with E-state index in [9.17, 15) is 9.18 Å². The molecule has 1 aromatic carbocycles. The molecule has 3 aromatic rings. The minimum Gasteiger partial charge on any atom is -0.339 e. The van der Waals surface area contributed by atoms with E-state index in [2.05, 4.69) is 20.4 Å². The lowest BCUT2D eigenvalue weighted by atomic mass is 10.2.